The van der Waals surface area contributed by atoms with Crippen molar-refractivity contribution >= 4 is 28.3 Å². The van der Waals surface area contributed by atoms with Crippen LogP contribution in [-0.4, -0.2) is 45.2 Å². The van der Waals surface area contributed by atoms with Gasteiger partial charge in [-0.2, -0.15) is 14.7 Å². The third-order valence-corrected chi connectivity index (χ3v) is 4.59. The van der Waals surface area contributed by atoms with Gasteiger partial charge in [0.1, 0.15) is 5.75 Å². The quantitative estimate of drug-likeness (QED) is 0.404. The van der Waals surface area contributed by atoms with Gasteiger partial charge in [-0.15, -0.1) is 10.2 Å². The highest BCUT2D eigenvalue weighted by Crippen LogP contribution is 2.21. The van der Waals surface area contributed by atoms with Crippen molar-refractivity contribution in [2.45, 2.75) is 13.3 Å². The molecule has 0 aliphatic rings. The molecule has 146 valence electrons. The molecule has 0 aliphatic heterocycles. The summed E-state index contributed by atoms with van der Waals surface area (Å²) in [7, 11) is 3.39. The summed E-state index contributed by atoms with van der Waals surface area (Å²) in [4.78, 5) is 4.41. The highest BCUT2D eigenvalue weighted by molar-refractivity contribution is 6.08. The molecule has 4 rings (SSSR count). The first-order valence-electron chi connectivity index (χ1n) is 9.22. The summed E-state index contributed by atoms with van der Waals surface area (Å²) in [6, 6.07) is 11.9. The molecule has 3 aromatic heterocycles. The van der Waals surface area contributed by atoms with Crippen LogP contribution < -0.4 is 10.2 Å². The Kier molecular flexibility index (Phi) is 5.15. The van der Waals surface area contributed by atoms with Crippen LogP contribution >= 0.6 is 0 Å². The maximum Gasteiger partial charge on any atom is 0.177 e. The lowest BCUT2D eigenvalue weighted by molar-refractivity contribution is 0.414. The maximum absolute atomic E-state index is 5.28. The van der Waals surface area contributed by atoms with Crippen molar-refractivity contribution in [2.75, 3.05) is 14.2 Å². The van der Waals surface area contributed by atoms with E-state index in [0.717, 1.165) is 39.3 Å². The van der Waals surface area contributed by atoms with Crippen LogP contribution in [0, 0.1) is 0 Å². The summed E-state index contributed by atoms with van der Waals surface area (Å²) in [5.74, 6) is 1.49. The van der Waals surface area contributed by atoms with E-state index in [1.54, 1.807) is 31.1 Å². The molecule has 0 fully saturated rings. The molecular weight excluding hydrogens is 366 g/mol. The Hall–Kier alpha value is -3.81. The highest BCUT2D eigenvalue weighted by atomic mass is 16.5. The van der Waals surface area contributed by atoms with E-state index in [9.17, 15) is 0 Å². The topological polar surface area (TPSA) is 89.6 Å². The average molecular weight is 387 g/mol. The van der Waals surface area contributed by atoms with Crippen LogP contribution in [0.2, 0.25) is 0 Å². The minimum absolute atomic E-state index is 0.598. The molecule has 0 unspecified atom stereocenters. The molecule has 1 N–H and O–H groups in total. The van der Waals surface area contributed by atoms with Gasteiger partial charge in [0.2, 0.25) is 0 Å². The fourth-order valence-corrected chi connectivity index (χ4v) is 3.09. The number of allylic oxidation sites excluding steroid dienone is 2. The lowest BCUT2D eigenvalue weighted by Gasteiger charge is -2.06. The number of benzene rings is 1. The average Bonchev–Trinajstić information content (AvgIpc) is 3.16. The number of nitrogens with zero attached hydrogens (tertiary/aromatic N) is 6. The molecule has 0 atom stereocenters. The summed E-state index contributed by atoms with van der Waals surface area (Å²) >= 11 is 0. The first kappa shape index (κ1) is 18.5. The van der Waals surface area contributed by atoms with E-state index in [1.165, 1.54) is 0 Å². The van der Waals surface area contributed by atoms with Gasteiger partial charge < -0.3 is 10.2 Å². The number of hydrogen-bond acceptors (Lipinski definition) is 7. The van der Waals surface area contributed by atoms with E-state index < -0.39 is 0 Å². The van der Waals surface area contributed by atoms with Gasteiger partial charge in [0.25, 0.3) is 0 Å². The zero-order valence-corrected chi connectivity index (χ0v) is 16.5. The molecule has 8 nitrogen and oxygen atoms in total. The van der Waals surface area contributed by atoms with Crippen LogP contribution in [0.4, 0.5) is 0 Å². The van der Waals surface area contributed by atoms with E-state index in [1.807, 2.05) is 43.3 Å². The molecule has 0 saturated heterocycles. The van der Waals surface area contributed by atoms with Gasteiger partial charge in [-0.05, 0) is 42.8 Å². The number of nitrogens with one attached hydrogen (secondary N) is 1. The normalized spacial score (nSPS) is 12.2. The Bertz CT molecular complexity index is 1230. The van der Waals surface area contributed by atoms with E-state index in [2.05, 4.69) is 31.8 Å². The van der Waals surface area contributed by atoms with Crippen molar-refractivity contribution in [3.63, 3.8) is 0 Å². The SMILES string of the molecule is C/C=C(\C=N/NC)c1ccc2nnc(Cc3ccc4ncc(OC)cc4c3)n2n1. The Morgan fingerprint density at radius 2 is 2.10 bits per heavy atom. The summed E-state index contributed by atoms with van der Waals surface area (Å²) in [6.45, 7) is 1.95. The molecule has 0 bridgehead atoms. The van der Waals surface area contributed by atoms with Gasteiger partial charge in [-0.3, -0.25) is 4.98 Å². The molecule has 8 heteroatoms. The number of rotatable bonds is 6. The van der Waals surface area contributed by atoms with E-state index in [-0.39, 0.29) is 0 Å². The molecule has 0 saturated carbocycles. The predicted molar refractivity (Wildman–Crippen MR) is 113 cm³/mol. The second kappa shape index (κ2) is 8.05. The van der Waals surface area contributed by atoms with Gasteiger partial charge in [-0.1, -0.05) is 12.1 Å². The van der Waals surface area contributed by atoms with Gasteiger partial charge >= 0.3 is 0 Å². The van der Waals surface area contributed by atoms with Crippen LogP contribution in [0.25, 0.3) is 22.1 Å². The summed E-state index contributed by atoms with van der Waals surface area (Å²) in [6.07, 6.45) is 6.01. The fourth-order valence-electron chi connectivity index (χ4n) is 3.09. The molecule has 29 heavy (non-hydrogen) atoms. The maximum atomic E-state index is 5.28. The van der Waals surface area contributed by atoms with Gasteiger partial charge in [0.15, 0.2) is 11.5 Å². The van der Waals surface area contributed by atoms with Crippen LogP contribution in [0.5, 0.6) is 5.75 Å². The van der Waals surface area contributed by atoms with Crippen molar-refractivity contribution in [1.29, 1.82) is 0 Å². The number of fused-ring (bicyclic) bond motifs is 2. The van der Waals surface area contributed by atoms with Gasteiger partial charge in [-0.25, -0.2) is 0 Å². The number of methoxy groups -OCH3 is 1. The Morgan fingerprint density at radius 3 is 2.90 bits per heavy atom. The number of ether oxygens (including phenoxy) is 1. The Morgan fingerprint density at radius 1 is 1.21 bits per heavy atom. The largest absolute Gasteiger partial charge is 0.495 e. The molecule has 1 aromatic carbocycles. The minimum atomic E-state index is 0.598. The van der Waals surface area contributed by atoms with Crippen LogP contribution in [0.3, 0.4) is 0 Å². The number of pyridine rings is 1. The summed E-state index contributed by atoms with van der Waals surface area (Å²) in [5.41, 5.74) is 7.18. The van der Waals surface area contributed by atoms with Crippen molar-refractivity contribution in [3.05, 3.63) is 65.8 Å². The van der Waals surface area contributed by atoms with Gasteiger partial charge in [0.05, 0.1) is 30.7 Å². The van der Waals surface area contributed by atoms with Gasteiger partial charge in [0, 0.05) is 24.4 Å². The van der Waals surface area contributed by atoms with Crippen molar-refractivity contribution in [1.82, 2.24) is 30.2 Å². The summed E-state index contributed by atoms with van der Waals surface area (Å²) < 4.78 is 7.06. The van der Waals surface area contributed by atoms with Crippen molar-refractivity contribution in [3.8, 4) is 5.75 Å². The molecule has 3 heterocycles. The lowest BCUT2D eigenvalue weighted by Crippen LogP contribution is -2.04. The van der Waals surface area contributed by atoms with Crippen LogP contribution in [-0.2, 0) is 6.42 Å². The molecule has 0 amide bonds. The lowest BCUT2D eigenvalue weighted by atomic mass is 10.1. The molecule has 0 aliphatic carbocycles. The molecular formula is C21H21N7O. The van der Waals surface area contributed by atoms with Crippen LogP contribution in [0.1, 0.15) is 24.0 Å². The first-order valence-corrected chi connectivity index (χ1v) is 9.22. The Labute approximate surface area is 167 Å². The smallest absolute Gasteiger partial charge is 0.177 e. The number of aromatic nitrogens is 5. The van der Waals surface area contributed by atoms with Crippen LogP contribution in [0.15, 0.2) is 53.8 Å². The van der Waals surface area contributed by atoms with E-state index >= 15 is 0 Å². The monoisotopic (exact) mass is 387 g/mol. The second-order valence-corrected chi connectivity index (χ2v) is 6.41. The number of hydrogen-bond donors (Lipinski definition) is 1. The van der Waals surface area contributed by atoms with E-state index in [0.29, 0.717) is 12.1 Å². The van der Waals surface area contributed by atoms with Crippen molar-refractivity contribution < 1.29 is 4.74 Å². The van der Waals surface area contributed by atoms with E-state index in [4.69, 9.17) is 9.84 Å². The zero-order chi connectivity index (χ0) is 20.2. The third kappa shape index (κ3) is 3.77. The minimum Gasteiger partial charge on any atom is -0.495 e. The standard InChI is InChI=1S/C21H21N7O/c1-4-15(12-24-22-2)19-7-8-20-25-26-21(28(20)27-19)10-14-5-6-18-16(9-14)11-17(29-3)13-23-18/h4-9,11-13,22H,10H2,1-3H3/b15-4+,24-12-. The third-order valence-electron chi connectivity index (χ3n) is 4.59. The second-order valence-electron chi connectivity index (χ2n) is 6.41. The zero-order valence-electron chi connectivity index (χ0n) is 16.5. The number of hydrazone groups is 1. The fraction of sp³-hybridized carbons (Fsp3) is 0.190. The molecule has 4 aromatic rings. The molecule has 0 spiro atoms. The Balaban J connectivity index is 1.70. The van der Waals surface area contributed by atoms with Crippen molar-refractivity contribution in [2.24, 2.45) is 5.10 Å². The highest BCUT2D eigenvalue weighted by Gasteiger charge is 2.11. The predicted octanol–water partition coefficient (Wildman–Crippen LogP) is 2.88. The first-order chi connectivity index (χ1) is 14.2. The summed E-state index contributed by atoms with van der Waals surface area (Å²) in [5, 5.41) is 18.4. The molecule has 0 radical (unpaired) electrons.